The Bertz CT molecular complexity index is 1400. The fourth-order valence-electron chi connectivity index (χ4n) is 7.07. The summed E-state index contributed by atoms with van der Waals surface area (Å²) in [7, 11) is 1.52. The highest BCUT2D eigenvalue weighted by atomic mass is 16.6. The van der Waals surface area contributed by atoms with E-state index in [1.54, 1.807) is 6.08 Å². The smallest absolute Gasteiger partial charge is 0.336 e. The third-order valence-electron chi connectivity index (χ3n) is 8.99. The molecule has 3 aliphatic carbocycles. The number of carboxylic acid groups (broad SMARTS) is 2. The Kier molecular flexibility index (Phi) is 7.86. The van der Waals surface area contributed by atoms with Crippen LogP contribution in [0.15, 0.2) is 24.0 Å². The molecule has 1 fully saturated rings. The van der Waals surface area contributed by atoms with E-state index in [-0.39, 0.29) is 18.1 Å². The van der Waals surface area contributed by atoms with E-state index in [0.29, 0.717) is 24.3 Å². The molecule has 4 aliphatic rings. The molecule has 5 rings (SSSR count). The Balaban J connectivity index is 1.26. The molecule has 1 saturated carbocycles. The summed E-state index contributed by atoms with van der Waals surface area (Å²) in [5.41, 5.74) is -0.0804. The maximum absolute atomic E-state index is 12.9. The molecule has 0 saturated heterocycles. The normalized spacial score (nSPS) is 28.1. The van der Waals surface area contributed by atoms with Crippen LogP contribution in [-0.2, 0) is 45.3 Å². The maximum atomic E-state index is 12.9. The van der Waals surface area contributed by atoms with E-state index >= 15 is 0 Å². The molecule has 232 valence electrons. The van der Waals surface area contributed by atoms with Crippen LogP contribution in [0.25, 0.3) is 0 Å². The van der Waals surface area contributed by atoms with E-state index in [0.717, 1.165) is 30.9 Å². The van der Waals surface area contributed by atoms with Gasteiger partial charge in [0.15, 0.2) is 29.8 Å². The van der Waals surface area contributed by atoms with Gasteiger partial charge in [0.1, 0.15) is 11.8 Å². The topological polar surface area (TPSA) is 215 Å². The van der Waals surface area contributed by atoms with Crippen molar-refractivity contribution in [1.29, 1.82) is 0 Å². The van der Waals surface area contributed by atoms with Crippen molar-refractivity contribution in [2.75, 3.05) is 7.11 Å². The fraction of sp³-hybridized carbons (Fsp3) is 0.552. The Morgan fingerprint density at radius 2 is 1.91 bits per heavy atom. The zero-order chi connectivity index (χ0) is 31.3. The number of carbonyl (C=O) groups is 5. The van der Waals surface area contributed by atoms with Crippen LogP contribution in [0.3, 0.4) is 0 Å². The number of amides is 1. The number of carboxylic acids is 2. The number of aliphatic hydroxyl groups excluding tert-OH is 1. The van der Waals surface area contributed by atoms with Gasteiger partial charge < -0.3 is 44.7 Å². The largest absolute Gasteiger partial charge is 0.493 e. The molecule has 0 radical (unpaired) electrons. The second kappa shape index (κ2) is 11.2. The number of aliphatic carboxylic acids is 2. The first-order chi connectivity index (χ1) is 20.3. The number of nitrogens with one attached hydrogen (secondary N) is 1. The van der Waals surface area contributed by atoms with Gasteiger partial charge in [-0.3, -0.25) is 14.4 Å². The van der Waals surface area contributed by atoms with E-state index in [4.69, 9.17) is 29.2 Å². The highest BCUT2D eigenvalue weighted by molar-refractivity contribution is 5.90. The van der Waals surface area contributed by atoms with Crippen molar-refractivity contribution < 1.29 is 63.3 Å². The number of aliphatic hydroxyl groups is 2. The molecule has 1 spiro atoms. The van der Waals surface area contributed by atoms with Crippen LogP contribution in [0.5, 0.6) is 11.5 Å². The predicted molar refractivity (Wildman–Crippen MR) is 142 cm³/mol. The van der Waals surface area contributed by atoms with Crippen molar-refractivity contribution in [1.82, 2.24) is 5.32 Å². The van der Waals surface area contributed by atoms with E-state index in [1.807, 2.05) is 17.4 Å². The summed E-state index contributed by atoms with van der Waals surface area (Å²) >= 11 is 0. The summed E-state index contributed by atoms with van der Waals surface area (Å²) < 4.78 is 22.4. The van der Waals surface area contributed by atoms with Crippen LogP contribution in [-0.4, -0.2) is 87.3 Å². The molecule has 1 heterocycles. The minimum Gasteiger partial charge on any atom is -0.493 e. The number of rotatable bonds is 11. The van der Waals surface area contributed by atoms with Crippen molar-refractivity contribution in [2.24, 2.45) is 5.92 Å². The number of carbonyl (C=O) groups excluding carboxylic acids is 3. The van der Waals surface area contributed by atoms with Crippen LogP contribution >= 0.6 is 0 Å². The van der Waals surface area contributed by atoms with Gasteiger partial charge in [-0.15, -0.1) is 0 Å². The van der Waals surface area contributed by atoms with Crippen LogP contribution in [0, 0.1) is 5.92 Å². The van der Waals surface area contributed by atoms with Crippen molar-refractivity contribution in [2.45, 2.75) is 87.2 Å². The van der Waals surface area contributed by atoms with E-state index in [9.17, 15) is 34.2 Å². The van der Waals surface area contributed by atoms with Crippen molar-refractivity contribution >= 4 is 29.8 Å². The molecule has 1 aliphatic heterocycles. The Labute approximate surface area is 245 Å². The van der Waals surface area contributed by atoms with Crippen LogP contribution in [0.2, 0.25) is 0 Å². The lowest BCUT2D eigenvalue weighted by Crippen LogP contribution is -2.67. The summed E-state index contributed by atoms with van der Waals surface area (Å²) in [6, 6.07) is 2.02. The molecule has 0 unspecified atom stereocenters. The van der Waals surface area contributed by atoms with Gasteiger partial charge >= 0.3 is 23.9 Å². The Morgan fingerprint density at radius 1 is 1.16 bits per heavy atom. The summed E-state index contributed by atoms with van der Waals surface area (Å²) in [5, 5.41) is 42.2. The molecule has 14 heteroatoms. The molecule has 2 bridgehead atoms. The lowest BCUT2D eigenvalue weighted by Gasteiger charge is -2.59. The molecule has 7 atom stereocenters. The number of hydrogen-bond acceptors (Lipinski definition) is 11. The van der Waals surface area contributed by atoms with Gasteiger partial charge in [0.25, 0.3) is 5.91 Å². The fourth-order valence-corrected chi connectivity index (χ4v) is 7.07. The summed E-state index contributed by atoms with van der Waals surface area (Å²) in [6.07, 6.45) is -1.44. The molecule has 0 aromatic heterocycles. The van der Waals surface area contributed by atoms with Gasteiger partial charge in [-0.1, -0.05) is 12.5 Å². The number of benzene rings is 1. The van der Waals surface area contributed by atoms with Gasteiger partial charge in [-0.25, -0.2) is 9.59 Å². The first-order valence-electron chi connectivity index (χ1n) is 14.0. The van der Waals surface area contributed by atoms with Crippen LogP contribution < -0.4 is 14.8 Å². The third-order valence-corrected chi connectivity index (χ3v) is 8.99. The van der Waals surface area contributed by atoms with Crippen molar-refractivity contribution in [3.8, 4) is 11.5 Å². The number of methoxy groups -OCH3 is 1. The van der Waals surface area contributed by atoms with Crippen LogP contribution in [0.1, 0.15) is 56.6 Å². The lowest BCUT2D eigenvalue weighted by atomic mass is 9.47. The zero-order valence-corrected chi connectivity index (χ0v) is 23.5. The number of esters is 2. The molecule has 5 N–H and O–H groups in total. The quantitative estimate of drug-likeness (QED) is 0.216. The van der Waals surface area contributed by atoms with Crippen LogP contribution in [0.4, 0.5) is 0 Å². The summed E-state index contributed by atoms with van der Waals surface area (Å²) in [6.45, 7) is 1.09. The molecule has 1 aromatic carbocycles. The van der Waals surface area contributed by atoms with E-state index in [1.165, 1.54) is 7.11 Å². The van der Waals surface area contributed by atoms with Gasteiger partial charge in [0.05, 0.1) is 31.0 Å². The molecule has 1 amide bonds. The molecular formula is C29H33NO13. The minimum atomic E-state index is -2.03. The third kappa shape index (κ3) is 4.97. The first-order valence-corrected chi connectivity index (χ1v) is 14.0. The minimum absolute atomic E-state index is 0.0154. The van der Waals surface area contributed by atoms with Gasteiger partial charge in [-0.2, -0.15) is 0 Å². The van der Waals surface area contributed by atoms with Crippen molar-refractivity contribution in [3.63, 3.8) is 0 Å². The summed E-state index contributed by atoms with van der Waals surface area (Å²) in [4.78, 5) is 59.5. The SMILES string of the molecule is COc1ccc2c3c1O[C@@H]1C(OC(=O)C[C@H](O)C(=O)O[C@@H](C)C(=O)N[C@H](CC(=O)O)C(=O)O)=CC[C@]4(O)[C@@H](CCC[C@@]314)C2. The molecule has 43 heavy (non-hydrogen) atoms. The highest BCUT2D eigenvalue weighted by Crippen LogP contribution is 2.67. The number of hydrogen-bond donors (Lipinski definition) is 5. The molecular weight excluding hydrogens is 570 g/mol. The zero-order valence-electron chi connectivity index (χ0n) is 23.5. The van der Waals surface area contributed by atoms with E-state index < -0.39 is 78.0 Å². The second-order valence-electron chi connectivity index (χ2n) is 11.4. The predicted octanol–water partition coefficient (Wildman–Crippen LogP) is 0.339. The van der Waals surface area contributed by atoms with Gasteiger partial charge in [0.2, 0.25) is 0 Å². The molecule has 1 aromatic rings. The molecule has 14 nitrogen and oxygen atoms in total. The Morgan fingerprint density at radius 3 is 2.58 bits per heavy atom. The Hall–Kier alpha value is -4.17. The first kappa shape index (κ1) is 30.3. The highest BCUT2D eigenvalue weighted by Gasteiger charge is 2.71. The number of ether oxygens (including phenoxy) is 4. The van der Waals surface area contributed by atoms with E-state index in [2.05, 4.69) is 0 Å². The standard InChI is InChI=1S/C29H33NO13/c1-13(25(35)30-16(26(36)37)11-20(32)33)41-27(38)17(31)12-21(34)42-19-7-9-29(39)15-4-3-8-28(29)22-14(10-15)5-6-18(40-2)23(22)43-24(19)28/h5-7,13,15-17,24,31,39H,3-4,8-12H2,1-2H3,(H,30,35)(H,32,33)(H,36,37)/t13-,15-,16+,17-,24+,28+,29-/m0/s1. The maximum Gasteiger partial charge on any atom is 0.336 e. The monoisotopic (exact) mass is 603 g/mol. The second-order valence-corrected chi connectivity index (χ2v) is 11.4. The van der Waals surface area contributed by atoms with Gasteiger partial charge in [0, 0.05) is 5.56 Å². The van der Waals surface area contributed by atoms with Gasteiger partial charge in [-0.05, 0) is 56.2 Å². The summed E-state index contributed by atoms with van der Waals surface area (Å²) in [5.74, 6) is -5.40. The van der Waals surface area contributed by atoms with Crippen molar-refractivity contribution in [3.05, 3.63) is 35.1 Å². The lowest BCUT2D eigenvalue weighted by molar-refractivity contribution is -0.168. The average molecular weight is 604 g/mol. The average Bonchev–Trinajstić information content (AvgIpc) is 3.28.